The molecule has 0 N–H and O–H groups in total. The van der Waals surface area contributed by atoms with Gasteiger partial charge in [-0.05, 0) is 49.8 Å². The summed E-state index contributed by atoms with van der Waals surface area (Å²) in [6, 6.07) is 16.6. The number of benzene rings is 2. The monoisotopic (exact) mass is 387 g/mol. The molecule has 1 fully saturated rings. The number of sulfonamides is 1. The second kappa shape index (κ2) is 8.67. The van der Waals surface area contributed by atoms with E-state index in [4.69, 9.17) is 4.74 Å². The van der Waals surface area contributed by atoms with Gasteiger partial charge in [0.2, 0.25) is 10.0 Å². The lowest BCUT2D eigenvalue weighted by Crippen LogP contribution is -2.39. The van der Waals surface area contributed by atoms with Crippen molar-refractivity contribution in [3.8, 4) is 0 Å². The van der Waals surface area contributed by atoms with Crippen LogP contribution >= 0.6 is 0 Å². The molecule has 1 aliphatic heterocycles. The molecule has 27 heavy (non-hydrogen) atoms. The number of carbonyl (C=O) groups excluding carboxylic acids is 1. The van der Waals surface area contributed by atoms with Crippen molar-refractivity contribution in [3.63, 3.8) is 0 Å². The highest BCUT2D eigenvalue weighted by Crippen LogP contribution is 2.28. The van der Waals surface area contributed by atoms with Crippen LogP contribution in [0.4, 0.5) is 0 Å². The standard InChI is InChI=1S/C21H25NO4S/c1-2-26-21(23)19-10-6-7-11-20(19)27(24,25)22-14-12-18(13-15-22)16-17-8-4-3-5-9-17/h3-11,18H,2,12-16H2,1H3. The number of hydrogen-bond acceptors (Lipinski definition) is 4. The lowest BCUT2D eigenvalue weighted by Gasteiger charge is -2.31. The first-order chi connectivity index (χ1) is 13.0. The molecule has 0 unspecified atom stereocenters. The predicted molar refractivity (Wildman–Crippen MR) is 104 cm³/mol. The van der Waals surface area contributed by atoms with Crippen molar-refractivity contribution in [1.29, 1.82) is 0 Å². The molecule has 3 rings (SSSR count). The van der Waals surface area contributed by atoms with Crippen molar-refractivity contribution >= 4 is 16.0 Å². The zero-order chi connectivity index (χ0) is 19.3. The van der Waals surface area contributed by atoms with Crippen LogP contribution in [0.1, 0.15) is 35.7 Å². The highest BCUT2D eigenvalue weighted by atomic mass is 32.2. The SMILES string of the molecule is CCOC(=O)c1ccccc1S(=O)(=O)N1CCC(Cc2ccccc2)CC1. The van der Waals surface area contributed by atoms with Crippen molar-refractivity contribution in [1.82, 2.24) is 4.31 Å². The van der Waals surface area contributed by atoms with E-state index in [0.29, 0.717) is 19.0 Å². The number of rotatable bonds is 6. The van der Waals surface area contributed by atoms with Crippen LogP contribution in [-0.2, 0) is 21.2 Å². The van der Waals surface area contributed by atoms with Crippen molar-refractivity contribution in [2.75, 3.05) is 19.7 Å². The number of carbonyl (C=O) groups is 1. The van der Waals surface area contributed by atoms with Gasteiger partial charge in [-0.1, -0.05) is 42.5 Å². The van der Waals surface area contributed by atoms with E-state index in [9.17, 15) is 13.2 Å². The molecule has 0 radical (unpaired) electrons. The largest absolute Gasteiger partial charge is 0.462 e. The lowest BCUT2D eigenvalue weighted by molar-refractivity contribution is 0.0521. The fourth-order valence-corrected chi connectivity index (χ4v) is 5.16. The van der Waals surface area contributed by atoms with E-state index in [1.165, 1.54) is 22.0 Å². The molecule has 0 amide bonds. The highest BCUT2D eigenvalue weighted by molar-refractivity contribution is 7.89. The molecular formula is C21H25NO4S. The second-order valence-electron chi connectivity index (χ2n) is 6.75. The molecule has 0 spiro atoms. The van der Waals surface area contributed by atoms with Gasteiger partial charge in [-0.3, -0.25) is 0 Å². The number of esters is 1. The molecule has 2 aromatic rings. The predicted octanol–water partition coefficient (Wildman–Crippen LogP) is 3.51. The Morgan fingerprint density at radius 1 is 1.04 bits per heavy atom. The van der Waals surface area contributed by atoms with Gasteiger partial charge >= 0.3 is 5.97 Å². The summed E-state index contributed by atoms with van der Waals surface area (Å²) in [5.41, 5.74) is 1.39. The molecule has 1 saturated heterocycles. The first-order valence-corrected chi connectivity index (χ1v) is 10.8. The second-order valence-corrected chi connectivity index (χ2v) is 8.66. The fraction of sp³-hybridized carbons (Fsp3) is 0.381. The molecule has 0 saturated carbocycles. The summed E-state index contributed by atoms with van der Waals surface area (Å²) in [5, 5.41) is 0. The molecule has 0 bridgehead atoms. The quantitative estimate of drug-likeness (QED) is 0.712. The van der Waals surface area contributed by atoms with E-state index >= 15 is 0 Å². The van der Waals surface area contributed by atoms with Gasteiger partial charge in [0.1, 0.15) is 0 Å². The van der Waals surface area contributed by atoms with Crippen LogP contribution in [-0.4, -0.2) is 38.4 Å². The minimum atomic E-state index is -3.72. The van der Waals surface area contributed by atoms with Crippen LogP contribution < -0.4 is 0 Å². The molecule has 0 aromatic heterocycles. The third-order valence-corrected chi connectivity index (χ3v) is 6.90. The van der Waals surface area contributed by atoms with E-state index in [-0.39, 0.29) is 17.1 Å². The Hall–Kier alpha value is -2.18. The molecule has 0 aliphatic carbocycles. The topological polar surface area (TPSA) is 63.7 Å². The van der Waals surface area contributed by atoms with E-state index in [0.717, 1.165) is 19.3 Å². The highest BCUT2D eigenvalue weighted by Gasteiger charge is 2.32. The number of hydrogen-bond donors (Lipinski definition) is 0. The summed E-state index contributed by atoms with van der Waals surface area (Å²) in [6.45, 7) is 2.85. The lowest BCUT2D eigenvalue weighted by atomic mass is 9.91. The zero-order valence-electron chi connectivity index (χ0n) is 15.5. The molecule has 1 aliphatic rings. The zero-order valence-corrected chi connectivity index (χ0v) is 16.3. The molecule has 2 aromatic carbocycles. The number of ether oxygens (including phenoxy) is 1. The van der Waals surface area contributed by atoms with E-state index in [2.05, 4.69) is 12.1 Å². The third-order valence-electron chi connectivity index (χ3n) is 4.94. The number of nitrogens with zero attached hydrogens (tertiary/aromatic N) is 1. The summed E-state index contributed by atoms with van der Waals surface area (Å²) in [7, 11) is -3.72. The Bertz CT molecular complexity index is 872. The Labute approximate surface area is 161 Å². The minimum Gasteiger partial charge on any atom is -0.462 e. The van der Waals surface area contributed by atoms with E-state index in [1.54, 1.807) is 19.1 Å². The van der Waals surface area contributed by atoms with Gasteiger partial charge in [-0.2, -0.15) is 4.31 Å². The fourth-order valence-electron chi connectivity index (χ4n) is 3.51. The molecule has 144 valence electrons. The molecule has 6 heteroatoms. The maximum Gasteiger partial charge on any atom is 0.339 e. The average molecular weight is 388 g/mol. The summed E-state index contributed by atoms with van der Waals surface area (Å²) in [4.78, 5) is 12.2. The smallest absolute Gasteiger partial charge is 0.339 e. The van der Waals surface area contributed by atoms with Crippen LogP contribution in [0.2, 0.25) is 0 Å². The van der Waals surface area contributed by atoms with Crippen LogP contribution in [0.25, 0.3) is 0 Å². The molecular weight excluding hydrogens is 362 g/mol. The van der Waals surface area contributed by atoms with E-state index < -0.39 is 16.0 Å². The average Bonchev–Trinajstić information content (AvgIpc) is 2.69. The molecule has 5 nitrogen and oxygen atoms in total. The van der Waals surface area contributed by atoms with Gasteiger partial charge in [-0.25, -0.2) is 13.2 Å². The Kier molecular flexibility index (Phi) is 6.29. The first kappa shape index (κ1) is 19.6. The summed E-state index contributed by atoms with van der Waals surface area (Å²) in [6.07, 6.45) is 2.60. The van der Waals surface area contributed by atoms with Crippen LogP contribution in [0, 0.1) is 5.92 Å². The van der Waals surface area contributed by atoms with Gasteiger partial charge in [0.15, 0.2) is 0 Å². The molecule has 1 heterocycles. The Morgan fingerprint density at radius 2 is 1.67 bits per heavy atom. The first-order valence-electron chi connectivity index (χ1n) is 9.32. The van der Waals surface area contributed by atoms with Crippen molar-refractivity contribution < 1.29 is 17.9 Å². The summed E-state index contributed by atoms with van der Waals surface area (Å²) >= 11 is 0. The van der Waals surface area contributed by atoms with Crippen LogP contribution in [0.15, 0.2) is 59.5 Å². The number of piperidine rings is 1. The van der Waals surface area contributed by atoms with Gasteiger partial charge in [-0.15, -0.1) is 0 Å². The van der Waals surface area contributed by atoms with Crippen LogP contribution in [0.3, 0.4) is 0 Å². The Morgan fingerprint density at radius 3 is 2.33 bits per heavy atom. The normalized spacial score (nSPS) is 16.2. The maximum atomic E-state index is 13.1. The van der Waals surface area contributed by atoms with Gasteiger partial charge in [0.05, 0.1) is 17.1 Å². The van der Waals surface area contributed by atoms with Gasteiger partial charge < -0.3 is 4.74 Å². The minimum absolute atomic E-state index is 0.0324. The van der Waals surface area contributed by atoms with Crippen LogP contribution in [0.5, 0.6) is 0 Å². The maximum absolute atomic E-state index is 13.1. The van der Waals surface area contributed by atoms with Crippen molar-refractivity contribution in [2.24, 2.45) is 5.92 Å². The third kappa shape index (κ3) is 4.57. The van der Waals surface area contributed by atoms with Gasteiger partial charge in [0.25, 0.3) is 0 Å². The van der Waals surface area contributed by atoms with Gasteiger partial charge in [0, 0.05) is 13.1 Å². The molecule has 0 atom stereocenters. The summed E-state index contributed by atoms with van der Waals surface area (Å²) in [5.74, 6) is -0.130. The summed E-state index contributed by atoms with van der Waals surface area (Å²) < 4.78 is 32.7. The van der Waals surface area contributed by atoms with Crippen molar-refractivity contribution in [3.05, 3.63) is 65.7 Å². The van der Waals surface area contributed by atoms with Crippen molar-refractivity contribution in [2.45, 2.75) is 31.1 Å². The van der Waals surface area contributed by atoms with E-state index in [1.807, 2.05) is 18.2 Å². The Balaban J connectivity index is 1.71.